The molecule has 4 nitrogen and oxygen atoms in total. The average molecular weight is 321 g/mol. The lowest BCUT2D eigenvalue weighted by Crippen LogP contribution is -2.48. The Kier molecular flexibility index (Phi) is 5.34. The first-order valence-electron chi connectivity index (χ1n) is 8.67. The summed E-state index contributed by atoms with van der Waals surface area (Å²) in [5.41, 5.74) is 0. The molecule has 0 unspecified atom stereocenters. The van der Waals surface area contributed by atoms with E-state index in [1.54, 1.807) is 11.3 Å². The van der Waals surface area contributed by atoms with Gasteiger partial charge in [0.05, 0.1) is 0 Å². The number of aryl methyl sites for hydroxylation is 1. The number of piperazine rings is 1. The molecule has 2 fully saturated rings. The molecule has 3 rings (SSSR count). The number of anilines is 1. The Morgan fingerprint density at radius 3 is 2.59 bits per heavy atom. The van der Waals surface area contributed by atoms with Crippen LogP contribution >= 0.6 is 11.3 Å². The first kappa shape index (κ1) is 15.8. The Morgan fingerprint density at radius 1 is 1.23 bits per heavy atom. The van der Waals surface area contributed by atoms with E-state index in [0.717, 1.165) is 50.1 Å². The maximum absolute atomic E-state index is 12.4. The van der Waals surface area contributed by atoms with Gasteiger partial charge in [-0.05, 0) is 19.3 Å². The molecule has 22 heavy (non-hydrogen) atoms. The Morgan fingerprint density at radius 2 is 1.95 bits per heavy atom. The van der Waals surface area contributed by atoms with Crippen LogP contribution in [0, 0.1) is 12.8 Å². The molecular formula is C17H27N3OS. The molecule has 1 saturated heterocycles. The number of carbonyl (C=O) groups is 1. The van der Waals surface area contributed by atoms with E-state index < -0.39 is 0 Å². The van der Waals surface area contributed by atoms with E-state index in [4.69, 9.17) is 0 Å². The predicted molar refractivity (Wildman–Crippen MR) is 91.5 cm³/mol. The summed E-state index contributed by atoms with van der Waals surface area (Å²) in [4.78, 5) is 22.4. The van der Waals surface area contributed by atoms with E-state index >= 15 is 0 Å². The van der Waals surface area contributed by atoms with Crippen LogP contribution in [0.1, 0.15) is 49.8 Å². The second kappa shape index (κ2) is 7.44. The fourth-order valence-electron chi connectivity index (χ4n) is 3.60. The van der Waals surface area contributed by atoms with Crippen molar-refractivity contribution in [2.45, 2.75) is 51.9 Å². The van der Waals surface area contributed by atoms with Gasteiger partial charge in [-0.1, -0.05) is 32.1 Å². The minimum absolute atomic E-state index is 0.362. The highest BCUT2D eigenvalue weighted by Crippen LogP contribution is 2.28. The molecule has 122 valence electrons. The topological polar surface area (TPSA) is 36.4 Å². The molecule has 1 aromatic rings. The number of aromatic nitrogens is 1. The molecule has 0 N–H and O–H groups in total. The SMILES string of the molecule is Cc1cnc(N2CCN(C(=O)CCC3CCCCC3)CC2)s1. The third kappa shape index (κ3) is 4.00. The lowest BCUT2D eigenvalue weighted by atomic mass is 9.86. The molecular weight excluding hydrogens is 294 g/mol. The second-order valence-corrected chi connectivity index (χ2v) is 7.88. The molecule has 0 spiro atoms. The van der Waals surface area contributed by atoms with Crippen molar-refractivity contribution in [2.75, 3.05) is 31.1 Å². The lowest BCUT2D eigenvalue weighted by Gasteiger charge is -2.35. The van der Waals surface area contributed by atoms with Gasteiger partial charge in [0, 0.05) is 43.7 Å². The fraction of sp³-hybridized carbons (Fsp3) is 0.765. The van der Waals surface area contributed by atoms with Crippen LogP contribution in [0.5, 0.6) is 0 Å². The molecule has 0 bridgehead atoms. The molecule has 1 aliphatic heterocycles. The third-order valence-corrected chi connectivity index (χ3v) is 5.98. The summed E-state index contributed by atoms with van der Waals surface area (Å²) in [7, 11) is 0. The van der Waals surface area contributed by atoms with E-state index in [-0.39, 0.29) is 0 Å². The van der Waals surface area contributed by atoms with E-state index in [1.165, 1.54) is 37.0 Å². The fourth-order valence-corrected chi connectivity index (χ4v) is 4.41. The van der Waals surface area contributed by atoms with Gasteiger partial charge in [0.1, 0.15) is 0 Å². The van der Waals surface area contributed by atoms with Gasteiger partial charge in [-0.15, -0.1) is 11.3 Å². The molecule has 0 aromatic carbocycles. The Balaban J connectivity index is 1.41. The van der Waals surface area contributed by atoms with Gasteiger partial charge in [0.15, 0.2) is 5.13 Å². The summed E-state index contributed by atoms with van der Waals surface area (Å²) in [6.07, 6.45) is 10.6. The predicted octanol–water partition coefficient (Wildman–Crippen LogP) is 3.46. The highest BCUT2D eigenvalue weighted by Gasteiger charge is 2.23. The Labute approximate surface area is 137 Å². The van der Waals surface area contributed by atoms with Gasteiger partial charge < -0.3 is 9.80 Å². The molecule has 5 heteroatoms. The molecule has 0 atom stereocenters. The van der Waals surface area contributed by atoms with Gasteiger partial charge in [-0.2, -0.15) is 0 Å². The highest BCUT2D eigenvalue weighted by atomic mass is 32.1. The average Bonchev–Trinajstić information content (AvgIpc) is 3.00. The number of rotatable bonds is 4. The van der Waals surface area contributed by atoms with Gasteiger partial charge >= 0.3 is 0 Å². The number of hydrogen-bond acceptors (Lipinski definition) is 4. The van der Waals surface area contributed by atoms with E-state index in [2.05, 4.69) is 21.7 Å². The van der Waals surface area contributed by atoms with Crippen molar-refractivity contribution in [3.8, 4) is 0 Å². The summed E-state index contributed by atoms with van der Waals surface area (Å²) in [5.74, 6) is 1.16. The smallest absolute Gasteiger partial charge is 0.222 e. The van der Waals surface area contributed by atoms with Crippen LogP contribution in [-0.4, -0.2) is 42.0 Å². The van der Waals surface area contributed by atoms with Crippen LogP contribution in [0.25, 0.3) is 0 Å². The summed E-state index contributed by atoms with van der Waals surface area (Å²) in [5, 5.41) is 1.10. The molecule has 1 amide bonds. The molecule has 2 aliphatic rings. The van der Waals surface area contributed by atoms with Crippen LogP contribution < -0.4 is 4.90 Å². The zero-order valence-electron chi connectivity index (χ0n) is 13.6. The number of carbonyl (C=O) groups excluding carboxylic acids is 1. The van der Waals surface area contributed by atoms with Crippen molar-refractivity contribution in [3.05, 3.63) is 11.1 Å². The minimum atomic E-state index is 0.362. The molecule has 1 aliphatic carbocycles. The van der Waals surface area contributed by atoms with Crippen LogP contribution in [-0.2, 0) is 4.79 Å². The van der Waals surface area contributed by atoms with Crippen LogP contribution in [0.2, 0.25) is 0 Å². The first-order valence-corrected chi connectivity index (χ1v) is 9.49. The standard InChI is InChI=1S/C17H27N3OS/c1-14-13-18-17(22-14)20-11-9-19(10-12-20)16(21)8-7-15-5-3-2-4-6-15/h13,15H,2-12H2,1H3. The maximum Gasteiger partial charge on any atom is 0.222 e. The zero-order valence-corrected chi connectivity index (χ0v) is 14.4. The monoisotopic (exact) mass is 321 g/mol. The zero-order chi connectivity index (χ0) is 15.4. The van der Waals surface area contributed by atoms with Crippen molar-refractivity contribution in [1.29, 1.82) is 0 Å². The highest BCUT2D eigenvalue weighted by molar-refractivity contribution is 7.15. The summed E-state index contributed by atoms with van der Waals surface area (Å²) in [6.45, 7) is 5.63. The van der Waals surface area contributed by atoms with Crippen molar-refractivity contribution in [1.82, 2.24) is 9.88 Å². The lowest BCUT2D eigenvalue weighted by molar-refractivity contribution is -0.131. The van der Waals surface area contributed by atoms with Gasteiger partial charge in [0.25, 0.3) is 0 Å². The molecule has 2 heterocycles. The van der Waals surface area contributed by atoms with Gasteiger partial charge in [0.2, 0.25) is 5.91 Å². The van der Waals surface area contributed by atoms with Crippen molar-refractivity contribution >= 4 is 22.4 Å². The quantitative estimate of drug-likeness (QED) is 0.852. The molecule has 1 aromatic heterocycles. The van der Waals surface area contributed by atoms with E-state index in [0.29, 0.717) is 5.91 Å². The first-order chi connectivity index (χ1) is 10.7. The Bertz CT molecular complexity index is 488. The summed E-state index contributed by atoms with van der Waals surface area (Å²) < 4.78 is 0. The maximum atomic E-state index is 12.4. The van der Waals surface area contributed by atoms with Crippen molar-refractivity contribution in [2.24, 2.45) is 5.92 Å². The number of amides is 1. The summed E-state index contributed by atoms with van der Waals surface area (Å²) in [6, 6.07) is 0. The second-order valence-electron chi connectivity index (χ2n) is 6.66. The third-order valence-electron chi connectivity index (χ3n) is 5.00. The van der Waals surface area contributed by atoms with Gasteiger partial charge in [-0.25, -0.2) is 4.98 Å². The van der Waals surface area contributed by atoms with Crippen molar-refractivity contribution in [3.63, 3.8) is 0 Å². The van der Waals surface area contributed by atoms with Gasteiger partial charge in [-0.3, -0.25) is 4.79 Å². The van der Waals surface area contributed by atoms with Crippen LogP contribution in [0.4, 0.5) is 5.13 Å². The van der Waals surface area contributed by atoms with Crippen molar-refractivity contribution < 1.29 is 4.79 Å². The Hall–Kier alpha value is -1.10. The largest absolute Gasteiger partial charge is 0.345 e. The normalized spacial score (nSPS) is 20.4. The van der Waals surface area contributed by atoms with Crippen LogP contribution in [0.3, 0.4) is 0 Å². The minimum Gasteiger partial charge on any atom is -0.345 e. The number of thiazole rings is 1. The van der Waals surface area contributed by atoms with Crippen LogP contribution in [0.15, 0.2) is 6.20 Å². The molecule has 1 saturated carbocycles. The summed E-state index contributed by atoms with van der Waals surface area (Å²) >= 11 is 1.74. The molecule has 0 radical (unpaired) electrons. The van der Waals surface area contributed by atoms with E-state index in [1.807, 2.05) is 6.20 Å². The van der Waals surface area contributed by atoms with E-state index in [9.17, 15) is 4.79 Å². The number of nitrogens with zero attached hydrogens (tertiary/aromatic N) is 3. The number of hydrogen-bond donors (Lipinski definition) is 0.